The number of carbonyl (C=O) groups excluding carboxylic acids is 1. The fourth-order valence-electron chi connectivity index (χ4n) is 2.91. The lowest BCUT2D eigenvalue weighted by molar-refractivity contribution is -0.124. The molecule has 0 saturated carbocycles. The van der Waals surface area contributed by atoms with E-state index in [1.54, 1.807) is 0 Å². The number of benzene rings is 1. The monoisotopic (exact) mass is 274 g/mol. The average molecular weight is 274 g/mol. The van der Waals surface area contributed by atoms with Crippen molar-refractivity contribution in [3.05, 3.63) is 35.4 Å². The summed E-state index contributed by atoms with van der Waals surface area (Å²) < 4.78 is 0. The van der Waals surface area contributed by atoms with Crippen LogP contribution in [0.4, 0.5) is 0 Å². The molecule has 1 aromatic rings. The highest BCUT2D eigenvalue weighted by Gasteiger charge is 2.26. The molecular weight excluding hydrogens is 248 g/mol. The third kappa shape index (κ3) is 4.07. The summed E-state index contributed by atoms with van der Waals surface area (Å²) in [5, 5.41) is 3.03. The first-order chi connectivity index (χ1) is 9.56. The van der Waals surface area contributed by atoms with E-state index >= 15 is 0 Å². The van der Waals surface area contributed by atoms with Crippen molar-refractivity contribution >= 4 is 5.91 Å². The number of rotatable bonds is 4. The van der Waals surface area contributed by atoms with E-state index in [-0.39, 0.29) is 5.91 Å². The highest BCUT2D eigenvalue weighted by molar-refractivity contribution is 5.78. The Bertz CT molecular complexity index is 431. The van der Waals surface area contributed by atoms with Crippen LogP contribution in [0.15, 0.2) is 24.3 Å². The quantitative estimate of drug-likeness (QED) is 0.915. The number of amides is 1. The molecule has 1 aromatic carbocycles. The first-order valence-electron chi connectivity index (χ1n) is 7.64. The van der Waals surface area contributed by atoms with Crippen LogP contribution in [0.3, 0.4) is 0 Å². The van der Waals surface area contributed by atoms with Crippen molar-refractivity contribution in [2.24, 2.45) is 0 Å². The van der Waals surface area contributed by atoms with E-state index in [1.165, 1.54) is 24.8 Å². The van der Waals surface area contributed by atoms with E-state index in [4.69, 9.17) is 0 Å². The van der Waals surface area contributed by atoms with Crippen molar-refractivity contribution in [2.75, 3.05) is 6.54 Å². The fourth-order valence-corrected chi connectivity index (χ4v) is 2.91. The molecule has 1 N–H and O–H groups in total. The summed E-state index contributed by atoms with van der Waals surface area (Å²) in [7, 11) is 0. The van der Waals surface area contributed by atoms with Crippen molar-refractivity contribution in [3.8, 4) is 0 Å². The SMILES string of the molecule is Cc1ccc(CNC(=O)CN2[C@@H](C)CCC[C@@H]2C)cc1. The maximum atomic E-state index is 12.1. The minimum Gasteiger partial charge on any atom is -0.351 e. The van der Waals surface area contributed by atoms with Crippen LogP contribution < -0.4 is 5.32 Å². The molecule has 2 atom stereocenters. The van der Waals surface area contributed by atoms with Gasteiger partial charge in [-0.2, -0.15) is 0 Å². The number of nitrogens with zero attached hydrogens (tertiary/aromatic N) is 1. The third-order valence-electron chi connectivity index (χ3n) is 4.31. The third-order valence-corrected chi connectivity index (χ3v) is 4.31. The second kappa shape index (κ2) is 6.89. The molecule has 0 bridgehead atoms. The molecule has 1 fully saturated rings. The molecule has 0 aromatic heterocycles. The Morgan fingerprint density at radius 3 is 2.40 bits per heavy atom. The lowest BCUT2D eigenvalue weighted by atomic mass is 9.97. The number of hydrogen-bond donors (Lipinski definition) is 1. The Hall–Kier alpha value is -1.35. The zero-order valence-corrected chi connectivity index (χ0v) is 12.9. The van der Waals surface area contributed by atoms with Crippen molar-refractivity contribution in [1.82, 2.24) is 10.2 Å². The topological polar surface area (TPSA) is 32.3 Å². The summed E-state index contributed by atoms with van der Waals surface area (Å²) in [6.07, 6.45) is 3.69. The Labute approximate surface area is 122 Å². The number of carbonyl (C=O) groups is 1. The Morgan fingerprint density at radius 2 is 1.80 bits per heavy atom. The molecule has 1 saturated heterocycles. The van der Waals surface area contributed by atoms with Crippen molar-refractivity contribution in [1.29, 1.82) is 0 Å². The lowest BCUT2D eigenvalue weighted by Crippen LogP contribution is -2.48. The molecule has 2 rings (SSSR count). The maximum Gasteiger partial charge on any atom is 0.234 e. The summed E-state index contributed by atoms with van der Waals surface area (Å²) in [6, 6.07) is 9.34. The average Bonchev–Trinajstić information content (AvgIpc) is 2.42. The molecule has 1 heterocycles. The van der Waals surface area contributed by atoms with Crippen molar-refractivity contribution in [3.63, 3.8) is 0 Å². The predicted molar refractivity (Wildman–Crippen MR) is 82.5 cm³/mol. The summed E-state index contributed by atoms with van der Waals surface area (Å²) in [4.78, 5) is 14.4. The van der Waals surface area contributed by atoms with Crippen LogP contribution in [0.2, 0.25) is 0 Å². The van der Waals surface area contributed by atoms with Gasteiger partial charge in [-0.3, -0.25) is 9.69 Å². The van der Waals surface area contributed by atoms with Gasteiger partial charge < -0.3 is 5.32 Å². The lowest BCUT2D eigenvalue weighted by Gasteiger charge is -2.38. The van der Waals surface area contributed by atoms with Crippen LogP contribution in [-0.2, 0) is 11.3 Å². The Kier molecular flexibility index (Phi) is 5.18. The number of aryl methyl sites for hydroxylation is 1. The largest absolute Gasteiger partial charge is 0.351 e. The van der Waals surface area contributed by atoms with Gasteiger partial charge in [-0.05, 0) is 39.2 Å². The first-order valence-corrected chi connectivity index (χ1v) is 7.64. The fraction of sp³-hybridized carbons (Fsp3) is 0.588. The minimum atomic E-state index is 0.131. The van der Waals surface area contributed by atoms with Gasteiger partial charge in [0.2, 0.25) is 5.91 Å². The van der Waals surface area contributed by atoms with Crippen molar-refractivity contribution < 1.29 is 4.79 Å². The maximum absolute atomic E-state index is 12.1. The summed E-state index contributed by atoms with van der Waals surface area (Å²) in [5.41, 5.74) is 2.40. The van der Waals surface area contributed by atoms with Gasteiger partial charge in [-0.25, -0.2) is 0 Å². The van der Waals surface area contributed by atoms with Gasteiger partial charge in [0.15, 0.2) is 0 Å². The van der Waals surface area contributed by atoms with E-state index in [9.17, 15) is 4.79 Å². The van der Waals surface area contributed by atoms with Crippen molar-refractivity contribution in [2.45, 2.75) is 58.7 Å². The Morgan fingerprint density at radius 1 is 1.20 bits per heavy atom. The van der Waals surface area contributed by atoms with E-state index < -0.39 is 0 Å². The van der Waals surface area contributed by atoms with Gasteiger partial charge in [-0.1, -0.05) is 36.2 Å². The molecule has 1 amide bonds. The van der Waals surface area contributed by atoms with Crippen LogP contribution >= 0.6 is 0 Å². The summed E-state index contributed by atoms with van der Waals surface area (Å²) in [6.45, 7) is 7.66. The molecule has 20 heavy (non-hydrogen) atoms. The van der Waals surface area contributed by atoms with Crippen LogP contribution in [-0.4, -0.2) is 29.4 Å². The standard InChI is InChI=1S/C17H26N2O/c1-13-7-9-16(10-8-13)11-18-17(20)12-19-14(2)5-4-6-15(19)3/h7-10,14-15H,4-6,11-12H2,1-3H3,(H,18,20)/t14-,15-/m0/s1. The Balaban J connectivity index is 1.81. The van der Waals surface area contributed by atoms with Gasteiger partial charge in [0.1, 0.15) is 0 Å². The summed E-state index contributed by atoms with van der Waals surface area (Å²) >= 11 is 0. The molecule has 0 radical (unpaired) electrons. The molecule has 0 aliphatic carbocycles. The van der Waals surface area contributed by atoms with E-state index in [2.05, 4.69) is 55.3 Å². The molecule has 110 valence electrons. The van der Waals surface area contributed by atoms with Crippen LogP contribution in [0, 0.1) is 6.92 Å². The first kappa shape index (κ1) is 15.0. The molecule has 3 nitrogen and oxygen atoms in total. The second-order valence-electron chi connectivity index (χ2n) is 6.06. The summed E-state index contributed by atoms with van der Waals surface area (Å²) in [5.74, 6) is 0.131. The second-order valence-corrected chi connectivity index (χ2v) is 6.06. The number of nitrogens with one attached hydrogen (secondary N) is 1. The van der Waals surface area contributed by atoms with Gasteiger partial charge >= 0.3 is 0 Å². The van der Waals surface area contributed by atoms with Gasteiger partial charge in [0.05, 0.1) is 6.54 Å². The van der Waals surface area contributed by atoms with Gasteiger partial charge in [-0.15, -0.1) is 0 Å². The van der Waals surface area contributed by atoms with E-state index in [1.807, 2.05) is 0 Å². The zero-order valence-electron chi connectivity index (χ0n) is 12.9. The molecular formula is C17H26N2O. The highest BCUT2D eigenvalue weighted by atomic mass is 16.2. The van der Waals surface area contributed by atoms with E-state index in [0.717, 1.165) is 5.56 Å². The van der Waals surface area contributed by atoms with Crippen LogP contribution in [0.5, 0.6) is 0 Å². The highest BCUT2D eigenvalue weighted by Crippen LogP contribution is 2.21. The van der Waals surface area contributed by atoms with Gasteiger partial charge in [0, 0.05) is 18.6 Å². The molecule has 0 spiro atoms. The van der Waals surface area contributed by atoms with Crippen LogP contribution in [0.25, 0.3) is 0 Å². The zero-order chi connectivity index (χ0) is 14.5. The molecule has 1 aliphatic rings. The number of likely N-dealkylation sites (tertiary alicyclic amines) is 1. The number of hydrogen-bond acceptors (Lipinski definition) is 2. The minimum absolute atomic E-state index is 0.131. The molecule has 0 unspecified atom stereocenters. The van der Waals surface area contributed by atoms with E-state index in [0.29, 0.717) is 25.2 Å². The number of piperidine rings is 1. The van der Waals surface area contributed by atoms with Crippen LogP contribution in [0.1, 0.15) is 44.2 Å². The normalized spacial score (nSPS) is 23.6. The predicted octanol–water partition coefficient (Wildman–Crippen LogP) is 2.87. The smallest absolute Gasteiger partial charge is 0.234 e. The van der Waals surface area contributed by atoms with Gasteiger partial charge in [0.25, 0.3) is 0 Å². The molecule has 1 aliphatic heterocycles. The molecule has 3 heteroatoms.